The van der Waals surface area contributed by atoms with E-state index in [1.807, 2.05) is 0 Å². The van der Waals surface area contributed by atoms with Crippen LogP contribution in [0.5, 0.6) is 0 Å². The molecule has 102 valence electrons. The van der Waals surface area contributed by atoms with E-state index in [0.717, 1.165) is 25.7 Å². The highest BCUT2D eigenvalue weighted by Gasteiger charge is 2.43. The van der Waals surface area contributed by atoms with Gasteiger partial charge in [-0.2, -0.15) is 0 Å². The lowest BCUT2D eigenvalue weighted by Crippen LogP contribution is -2.28. The Hall–Kier alpha value is -0.860. The topological polar surface area (TPSA) is 43.4 Å². The van der Waals surface area contributed by atoms with Crippen LogP contribution in [0.4, 0.5) is 0 Å². The van der Waals surface area contributed by atoms with Crippen molar-refractivity contribution in [1.29, 1.82) is 0 Å². The Bertz CT molecular complexity index is 337. The Morgan fingerprint density at radius 3 is 2.33 bits per heavy atom. The smallest absolute Gasteiger partial charge is 0.309 e. The van der Waals surface area contributed by atoms with Crippen molar-refractivity contribution < 1.29 is 14.3 Å². The second kappa shape index (κ2) is 5.41. The summed E-state index contributed by atoms with van der Waals surface area (Å²) in [6.45, 7) is 5.86. The van der Waals surface area contributed by atoms with Crippen molar-refractivity contribution in [3.05, 3.63) is 0 Å². The summed E-state index contributed by atoms with van der Waals surface area (Å²) in [5.74, 6) is 1.56. The van der Waals surface area contributed by atoms with Gasteiger partial charge in [-0.15, -0.1) is 0 Å². The number of Topliss-reactive ketones (excluding diaryl/α,β-unsaturated/α-hetero) is 1. The van der Waals surface area contributed by atoms with E-state index in [2.05, 4.69) is 13.8 Å². The number of ketones is 1. The van der Waals surface area contributed by atoms with Gasteiger partial charge in [0.15, 0.2) is 0 Å². The molecule has 0 spiro atoms. The highest BCUT2D eigenvalue weighted by atomic mass is 16.5. The number of carbonyl (C=O) groups is 2. The molecule has 0 aliphatic heterocycles. The molecular weight excluding hydrogens is 228 g/mol. The van der Waals surface area contributed by atoms with E-state index < -0.39 is 0 Å². The molecule has 0 heterocycles. The first-order valence-corrected chi connectivity index (χ1v) is 7.19. The highest BCUT2D eigenvalue weighted by Crippen LogP contribution is 2.43. The molecule has 18 heavy (non-hydrogen) atoms. The SMILES string of the molecule is CC(=O)CC(OC(=O)C1CCCC1C)C1CC1C. The van der Waals surface area contributed by atoms with Crippen LogP contribution in [0.2, 0.25) is 0 Å². The summed E-state index contributed by atoms with van der Waals surface area (Å²) >= 11 is 0. The molecule has 0 aromatic carbocycles. The molecule has 0 saturated heterocycles. The van der Waals surface area contributed by atoms with Crippen molar-refractivity contribution in [2.75, 3.05) is 0 Å². The maximum Gasteiger partial charge on any atom is 0.309 e. The standard InChI is InChI=1S/C15H24O3/c1-9-5-4-6-12(9)15(17)18-14(8-11(3)16)13-7-10(13)2/h9-10,12-14H,4-8H2,1-3H3. The van der Waals surface area contributed by atoms with Crippen molar-refractivity contribution in [1.82, 2.24) is 0 Å². The van der Waals surface area contributed by atoms with Gasteiger partial charge in [-0.3, -0.25) is 9.59 Å². The molecule has 0 amide bonds. The van der Waals surface area contributed by atoms with Crippen LogP contribution in [0, 0.1) is 23.7 Å². The molecule has 0 N–H and O–H groups in total. The molecule has 5 atom stereocenters. The van der Waals surface area contributed by atoms with Crippen molar-refractivity contribution in [2.24, 2.45) is 23.7 Å². The third-order valence-electron chi connectivity index (χ3n) is 4.57. The molecule has 5 unspecified atom stereocenters. The van der Waals surface area contributed by atoms with Crippen molar-refractivity contribution >= 4 is 11.8 Å². The molecule has 0 aromatic rings. The lowest BCUT2D eigenvalue weighted by atomic mass is 9.98. The van der Waals surface area contributed by atoms with Gasteiger partial charge in [-0.1, -0.05) is 20.3 Å². The van der Waals surface area contributed by atoms with E-state index in [4.69, 9.17) is 4.74 Å². The number of carbonyl (C=O) groups excluding carboxylic acids is 2. The van der Waals surface area contributed by atoms with Gasteiger partial charge in [0.25, 0.3) is 0 Å². The minimum absolute atomic E-state index is 0.0634. The van der Waals surface area contributed by atoms with E-state index >= 15 is 0 Å². The summed E-state index contributed by atoms with van der Waals surface area (Å²) in [6, 6.07) is 0. The third-order valence-corrected chi connectivity index (χ3v) is 4.57. The average Bonchev–Trinajstić information content (AvgIpc) is 2.83. The molecule has 3 nitrogen and oxygen atoms in total. The van der Waals surface area contributed by atoms with E-state index in [1.165, 1.54) is 0 Å². The van der Waals surface area contributed by atoms with Crippen molar-refractivity contribution in [3.63, 3.8) is 0 Å². The van der Waals surface area contributed by atoms with Gasteiger partial charge in [-0.05, 0) is 43.9 Å². The second-order valence-electron chi connectivity index (χ2n) is 6.27. The van der Waals surface area contributed by atoms with Crippen LogP contribution in [0.1, 0.15) is 52.9 Å². The Morgan fingerprint density at radius 1 is 1.22 bits per heavy atom. The fourth-order valence-corrected chi connectivity index (χ4v) is 3.16. The lowest BCUT2D eigenvalue weighted by molar-refractivity contribution is -0.157. The molecule has 3 heteroatoms. The van der Waals surface area contributed by atoms with Crippen LogP contribution >= 0.6 is 0 Å². The summed E-state index contributed by atoms with van der Waals surface area (Å²) in [4.78, 5) is 23.4. The van der Waals surface area contributed by atoms with Crippen LogP contribution < -0.4 is 0 Å². The first-order chi connectivity index (χ1) is 8.49. The quantitative estimate of drug-likeness (QED) is 0.706. The van der Waals surface area contributed by atoms with E-state index in [-0.39, 0.29) is 23.8 Å². The number of ether oxygens (including phenoxy) is 1. The molecule has 2 rings (SSSR count). The molecule has 2 saturated carbocycles. The van der Waals surface area contributed by atoms with Gasteiger partial charge in [-0.25, -0.2) is 0 Å². The summed E-state index contributed by atoms with van der Waals surface area (Å²) in [5, 5.41) is 0. The molecule has 0 aromatic heterocycles. The molecule has 0 radical (unpaired) electrons. The molecule has 2 fully saturated rings. The molecule has 0 bridgehead atoms. The summed E-state index contributed by atoms with van der Waals surface area (Å²) in [6.07, 6.45) is 4.51. The normalized spacial score (nSPS) is 36.2. The number of rotatable bonds is 5. The monoisotopic (exact) mass is 252 g/mol. The van der Waals surface area contributed by atoms with Gasteiger partial charge < -0.3 is 4.74 Å². The van der Waals surface area contributed by atoms with Gasteiger partial charge >= 0.3 is 5.97 Å². The predicted octanol–water partition coefficient (Wildman–Crippen LogP) is 2.97. The maximum absolute atomic E-state index is 12.2. The predicted molar refractivity (Wildman–Crippen MR) is 69.0 cm³/mol. The Morgan fingerprint density at radius 2 is 1.89 bits per heavy atom. The van der Waals surface area contributed by atoms with Crippen LogP contribution in [-0.2, 0) is 14.3 Å². The minimum Gasteiger partial charge on any atom is -0.461 e. The Balaban J connectivity index is 1.91. The van der Waals surface area contributed by atoms with E-state index in [1.54, 1.807) is 6.92 Å². The third kappa shape index (κ3) is 3.12. The van der Waals surface area contributed by atoms with Gasteiger partial charge in [0.1, 0.15) is 11.9 Å². The Kier molecular flexibility index (Phi) is 4.08. The van der Waals surface area contributed by atoms with Crippen LogP contribution in [0.3, 0.4) is 0 Å². The molecule has 2 aliphatic carbocycles. The minimum atomic E-state index is -0.169. The highest BCUT2D eigenvalue weighted by molar-refractivity contribution is 5.77. The van der Waals surface area contributed by atoms with Gasteiger partial charge in [0.2, 0.25) is 0 Å². The Labute approximate surface area is 109 Å². The van der Waals surface area contributed by atoms with Crippen molar-refractivity contribution in [3.8, 4) is 0 Å². The zero-order chi connectivity index (χ0) is 13.3. The number of hydrogen-bond donors (Lipinski definition) is 0. The average molecular weight is 252 g/mol. The first-order valence-electron chi connectivity index (χ1n) is 7.19. The fraction of sp³-hybridized carbons (Fsp3) is 0.867. The van der Waals surface area contributed by atoms with Gasteiger partial charge in [0, 0.05) is 6.42 Å². The molecular formula is C15H24O3. The number of hydrogen-bond acceptors (Lipinski definition) is 3. The van der Waals surface area contributed by atoms with E-state index in [0.29, 0.717) is 24.2 Å². The molecule has 2 aliphatic rings. The lowest BCUT2D eigenvalue weighted by Gasteiger charge is -2.21. The van der Waals surface area contributed by atoms with Crippen LogP contribution in [0.15, 0.2) is 0 Å². The number of esters is 1. The van der Waals surface area contributed by atoms with E-state index in [9.17, 15) is 9.59 Å². The summed E-state index contributed by atoms with van der Waals surface area (Å²) < 4.78 is 5.65. The van der Waals surface area contributed by atoms with Crippen LogP contribution in [0.25, 0.3) is 0 Å². The second-order valence-corrected chi connectivity index (χ2v) is 6.27. The van der Waals surface area contributed by atoms with Crippen LogP contribution in [-0.4, -0.2) is 17.9 Å². The maximum atomic E-state index is 12.2. The first kappa shape index (κ1) is 13.6. The largest absolute Gasteiger partial charge is 0.461 e. The fourth-order valence-electron chi connectivity index (χ4n) is 3.16. The zero-order valence-corrected chi connectivity index (χ0v) is 11.6. The zero-order valence-electron chi connectivity index (χ0n) is 11.6. The summed E-state index contributed by atoms with van der Waals surface area (Å²) in [5.41, 5.74) is 0. The van der Waals surface area contributed by atoms with Gasteiger partial charge in [0.05, 0.1) is 5.92 Å². The summed E-state index contributed by atoms with van der Waals surface area (Å²) in [7, 11) is 0. The van der Waals surface area contributed by atoms with Crippen molar-refractivity contribution in [2.45, 2.75) is 59.0 Å².